The zero-order valence-electron chi connectivity index (χ0n) is 15.4. The Morgan fingerprint density at radius 3 is 2.27 bits per heavy atom. The van der Waals surface area contributed by atoms with Crippen LogP contribution in [0, 0.1) is 20.8 Å². The Morgan fingerprint density at radius 1 is 1.08 bits per heavy atom. The van der Waals surface area contributed by atoms with Crippen LogP contribution in [0.5, 0.6) is 11.5 Å². The number of hydrogen-bond donors (Lipinski definition) is 2. The van der Waals surface area contributed by atoms with Gasteiger partial charge in [0.25, 0.3) is 5.91 Å². The fourth-order valence-electron chi connectivity index (χ4n) is 2.80. The van der Waals surface area contributed by atoms with Crippen LogP contribution in [0.4, 0.5) is 11.4 Å². The summed E-state index contributed by atoms with van der Waals surface area (Å²) in [6.45, 7) is 5.97. The molecule has 0 aliphatic rings. The number of aromatic nitrogens is 1. The maximum Gasteiger partial charge on any atom is 0.267 e. The fraction of sp³-hybridized carbons (Fsp3) is 0.263. The van der Waals surface area contributed by atoms with Crippen LogP contribution in [0.15, 0.2) is 18.2 Å². The van der Waals surface area contributed by atoms with Gasteiger partial charge in [0.2, 0.25) is 0 Å². The summed E-state index contributed by atoms with van der Waals surface area (Å²) in [5.41, 5.74) is 10.4. The summed E-state index contributed by atoms with van der Waals surface area (Å²) in [5, 5.41) is 3.72. The molecule has 0 unspecified atom stereocenters. The van der Waals surface area contributed by atoms with Gasteiger partial charge in [-0.15, -0.1) is 11.3 Å². The van der Waals surface area contributed by atoms with Crippen LogP contribution in [-0.2, 0) is 0 Å². The normalized spacial score (nSPS) is 10.8. The first kappa shape index (κ1) is 18.0. The van der Waals surface area contributed by atoms with Crippen molar-refractivity contribution in [1.29, 1.82) is 0 Å². The van der Waals surface area contributed by atoms with Crippen molar-refractivity contribution < 1.29 is 14.3 Å². The van der Waals surface area contributed by atoms with E-state index in [1.807, 2.05) is 20.8 Å². The van der Waals surface area contributed by atoms with Crippen LogP contribution in [-0.4, -0.2) is 25.1 Å². The Labute approximate surface area is 155 Å². The standard InChI is InChI=1S/C19H21N3O3S/c1-9-10(2)15-16(20)17(26-19(15)21-11(9)3)18(23)22-12-6-13(24-4)8-14(7-12)25-5/h6-8H,20H2,1-5H3,(H,22,23). The van der Waals surface area contributed by atoms with Crippen molar-refractivity contribution in [2.45, 2.75) is 20.8 Å². The highest BCUT2D eigenvalue weighted by atomic mass is 32.1. The van der Waals surface area contributed by atoms with E-state index in [1.165, 1.54) is 11.3 Å². The molecule has 3 rings (SSSR count). The number of aryl methyl sites for hydroxylation is 2. The molecule has 0 spiro atoms. The molecular formula is C19H21N3O3S. The van der Waals surface area contributed by atoms with Crippen LogP contribution in [0.1, 0.15) is 26.5 Å². The molecule has 26 heavy (non-hydrogen) atoms. The summed E-state index contributed by atoms with van der Waals surface area (Å²) in [5.74, 6) is 0.899. The lowest BCUT2D eigenvalue weighted by molar-refractivity contribution is 0.103. The summed E-state index contributed by atoms with van der Waals surface area (Å²) in [4.78, 5) is 18.6. The molecule has 2 aromatic heterocycles. The van der Waals surface area contributed by atoms with E-state index in [2.05, 4.69) is 10.3 Å². The van der Waals surface area contributed by atoms with Crippen LogP contribution < -0.4 is 20.5 Å². The van der Waals surface area contributed by atoms with E-state index in [1.54, 1.807) is 32.4 Å². The van der Waals surface area contributed by atoms with E-state index in [-0.39, 0.29) is 5.91 Å². The number of carbonyl (C=O) groups excluding carboxylic acids is 1. The Balaban J connectivity index is 2.01. The molecule has 1 aromatic carbocycles. The molecular weight excluding hydrogens is 350 g/mol. The van der Waals surface area contributed by atoms with Gasteiger partial charge in [-0.05, 0) is 31.9 Å². The van der Waals surface area contributed by atoms with Crippen LogP contribution >= 0.6 is 11.3 Å². The summed E-state index contributed by atoms with van der Waals surface area (Å²) < 4.78 is 10.5. The zero-order chi connectivity index (χ0) is 19.0. The maximum atomic E-state index is 12.8. The molecule has 3 N–H and O–H groups in total. The number of amides is 1. The van der Waals surface area contributed by atoms with E-state index in [0.29, 0.717) is 27.8 Å². The van der Waals surface area contributed by atoms with E-state index >= 15 is 0 Å². The van der Waals surface area contributed by atoms with Crippen molar-refractivity contribution >= 4 is 38.8 Å². The quantitative estimate of drug-likeness (QED) is 0.722. The van der Waals surface area contributed by atoms with E-state index in [4.69, 9.17) is 15.2 Å². The molecule has 136 valence electrons. The number of benzene rings is 1. The van der Waals surface area contributed by atoms with E-state index in [9.17, 15) is 4.79 Å². The maximum absolute atomic E-state index is 12.8. The number of rotatable bonds is 4. The average molecular weight is 371 g/mol. The number of nitrogen functional groups attached to an aromatic ring is 1. The minimum Gasteiger partial charge on any atom is -0.497 e. The smallest absolute Gasteiger partial charge is 0.267 e. The van der Waals surface area contributed by atoms with Crippen molar-refractivity contribution in [2.24, 2.45) is 0 Å². The number of thiophene rings is 1. The lowest BCUT2D eigenvalue weighted by atomic mass is 10.1. The third-order valence-electron chi connectivity index (χ3n) is 4.49. The Morgan fingerprint density at radius 2 is 1.69 bits per heavy atom. The number of nitrogens with one attached hydrogen (secondary N) is 1. The highest BCUT2D eigenvalue weighted by Crippen LogP contribution is 2.37. The minimum atomic E-state index is -0.282. The SMILES string of the molecule is COc1cc(NC(=O)c2sc3nc(C)c(C)c(C)c3c2N)cc(OC)c1. The second-order valence-electron chi connectivity index (χ2n) is 6.03. The molecule has 0 bridgehead atoms. The van der Waals surface area contributed by atoms with Gasteiger partial charge in [-0.25, -0.2) is 4.98 Å². The van der Waals surface area contributed by atoms with Crippen molar-refractivity contribution in [3.8, 4) is 11.5 Å². The lowest BCUT2D eigenvalue weighted by Crippen LogP contribution is -2.12. The van der Waals surface area contributed by atoms with Crippen molar-refractivity contribution in [2.75, 3.05) is 25.3 Å². The predicted molar refractivity (Wildman–Crippen MR) is 106 cm³/mol. The second kappa shape index (κ2) is 6.84. The number of hydrogen-bond acceptors (Lipinski definition) is 6. The Hall–Kier alpha value is -2.80. The second-order valence-corrected chi connectivity index (χ2v) is 7.03. The molecule has 0 atom stereocenters. The Bertz CT molecular complexity index is 989. The van der Waals surface area contributed by atoms with Crippen molar-refractivity contribution in [3.63, 3.8) is 0 Å². The number of nitrogens with zero attached hydrogens (tertiary/aromatic N) is 1. The van der Waals surface area contributed by atoms with Crippen LogP contribution in [0.25, 0.3) is 10.2 Å². The molecule has 0 saturated heterocycles. The first-order chi connectivity index (χ1) is 12.3. The van der Waals surface area contributed by atoms with E-state index in [0.717, 1.165) is 27.0 Å². The van der Waals surface area contributed by atoms with Crippen molar-refractivity contribution in [3.05, 3.63) is 39.9 Å². The van der Waals surface area contributed by atoms with Gasteiger partial charge in [0.05, 0.1) is 19.9 Å². The third-order valence-corrected chi connectivity index (χ3v) is 5.59. The van der Waals surface area contributed by atoms with Gasteiger partial charge in [0.15, 0.2) is 0 Å². The van der Waals surface area contributed by atoms with E-state index < -0.39 is 0 Å². The van der Waals surface area contributed by atoms with Gasteiger partial charge in [-0.3, -0.25) is 4.79 Å². The largest absolute Gasteiger partial charge is 0.497 e. The molecule has 7 heteroatoms. The average Bonchev–Trinajstić information content (AvgIpc) is 2.95. The van der Waals surface area contributed by atoms with Gasteiger partial charge in [0.1, 0.15) is 21.2 Å². The number of ether oxygens (including phenoxy) is 2. The number of nitrogens with two attached hydrogens (primary N) is 1. The number of anilines is 2. The topological polar surface area (TPSA) is 86.5 Å². The van der Waals surface area contributed by atoms with Crippen LogP contribution in [0.3, 0.4) is 0 Å². The highest BCUT2D eigenvalue weighted by molar-refractivity contribution is 7.21. The first-order valence-corrected chi connectivity index (χ1v) is 8.87. The molecule has 0 aliphatic carbocycles. The van der Waals surface area contributed by atoms with Crippen LogP contribution in [0.2, 0.25) is 0 Å². The number of carbonyl (C=O) groups is 1. The summed E-state index contributed by atoms with van der Waals surface area (Å²) >= 11 is 1.30. The summed E-state index contributed by atoms with van der Waals surface area (Å²) in [6, 6.07) is 5.19. The monoisotopic (exact) mass is 371 g/mol. The van der Waals surface area contributed by atoms with Gasteiger partial charge in [-0.2, -0.15) is 0 Å². The van der Waals surface area contributed by atoms with Crippen molar-refractivity contribution in [1.82, 2.24) is 4.98 Å². The van der Waals surface area contributed by atoms with Gasteiger partial charge in [0, 0.05) is 35.0 Å². The molecule has 2 heterocycles. The molecule has 0 saturated carbocycles. The molecule has 0 fully saturated rings. The fourth-order valence-corrected chi connectivity index (χ4v) is 3.90. The summed E-state index contributed by atoms with van der Waals surface area (Å²) in [6.07, 6.45) is 0. The third kappa shape index (κ3) is 3.06. The molecule has 3 aromatic rings. The lowest BCUT2D eigenvalue weighted by Gasteiger charge is -2.09. The molecule has 6 nitrogen and oxygen atoms in total. The molecule has 0 radical (unpaired) electrons. The van der Waals surface area contributed by atoms with Gasteiger partial charge in [-0.1, -0.05) is 0 Å². The number of fused-ring (bicyclic) bond motifs is 1. The Kier molecular flexibility index (Phi) is 4.73. The molecule has 0 aliphatic heterocycles. The molecule has 1 amide bonds. The predicted octanol–water partition coefficient (Wildman–Crippen LogP) is 4.07. The minimum absolute atomic E-state index is 0.282. The first-order valence-electron chi connectivity index (χ1n) is 8.06. The summed E-state index contributed by atoms with van der Waals surface area (Å²) in [7, 11) is 3.12. The van der Waals surface area contributed by atoms with Gasteiger partial charge < -0.3 is 20.5 Å². The zero-order valence-corrected chi connectivity index (χ0v) is 16.2. The number of methoxy groups -OCH3 is 2. The highest BCUT2D eigenvalue weighted by Gasteiger charge is 2.20. The number of pyridine rings is 1. The van der Waals surface area contributed by atoms with Gasteiger partial charge >= 0.3 is 0 Å².